The van der Waals surface area contributed by atoms with Crippen LogP contribution in [0.2, 0.25) is 5.02 Å². The molecular formula is C33H33ClN6O4S2. The van der Waals surface area contributed by atoms with Crippen molar-refractivity contribution in [2.45, 2.75) is 62.4 Å². The van der Waals surface area contributed by atoms with Crippen LogP contribution in [0.4, 0.5) is 5.69 Å². The third-order valence-electron chi connectivity index (χ3n) is 8.01. The number of carbonyl (C=O) groups excluding carboxylic acids is 1. The molecular weight excluding hydrogens is 644 g/mol. The average molecular weight is 677 g/mol. The van der Waals surface area contributed by atoms with E-state index < -0.39 is 9.84 Å². The molecule has 0 radical (unpaired) electrons. The SMILES string of the molecule is O=C(Nc1cc(CCCS(=O)(=O)c2ccc(Cl)cc2)ccc1OCc1nnn[nH]1)c1cccc(CCc2nc(C3CCC3)cs2)c1. The summed E-state index contributed by atoms with van der Waals surface area (Å²) in [5, 5.41) is 20.4. The number of amides is 1. The molecule has 3 aromatic carbocycles. The second-order valence-electron chi connectivity index (χ2n) is 11.3. The van der Waals surface area contributed by atoms with Crippen LogP contribution in [-0.2, 0) is 35.7 Å². The number of sulfone groups is 1. The molecule has 1 fully saturated rings. The number of benzene rings is 3. The molecule has 1 saturated carbocycles. The van der Waals surface area contributed by atoms with Crippen LogP contribution >= 0.6 is 22.9 Å². The molecule has 0 aliphatic heterocycles. The van der Waals surface area contributed by atoms with Crippen molar-refractivity contribution < 1.29 is 17.9 Å². The molecule has 6 rings (SSSR count). The highest BCUT2D eigenvalue weighted by atomic mass is 35.5. The summed E-state index contributed by atoms with van der Waals surface area (Å²) in [6.07, 6.45) is 6.25. The van der Waals surface area contributed by atoms with Crippen LogP contribution in [0.1, 0.15) is 69.6 Å². The van der Waals surface area contributed by atoms with Crippen LogP contribution in [-0.4, -0.2) is 45.7 Å². The fourth-order valence-corrected chi connectivity index (χ4v) is 7.53. The standard InChI is InChI=1S/C33H33ClN6O4S2/c34-26-11-13-27(14-12-26)46(42,43)17-3-5-23-9-15-30(44-20-31-37-39-40-38-31)28(19-23)36-33(41)25-8-1-4-22(18-25)10-16-32-35-29(21-45-32)24-6-2-7-24/h1,4,8-9,11-15,18-19,21,24H,2-3,5-7,10,16-17,20H2,(H,36,41)(H,37,38,39,40). The van der Waals surface area contributed by atoms with Gasteiger partial charge in [0.2, 0.25) is 0 Å². The summed E-state index contributed by atoms with van der Waals surface area (Å²) < 4.78 is 31.6. The Kier molecular flexibility index (Phi) is 10.1. The van der Waals surface area contributed by atoms with Gasteiger partial charge in [-0.1, -0.05) is 36.2 Å². The number of hydrogen-bond acceptors (Lipinski definition) is 9. The number of aromatic amines is 1. The molecule has 2 heterocycles. The Hall–Kier alpha value is -4.13. The maximum absolute atomic E-state index is 13.5. The molecule has 0 atom stereocenters. The Morgan fingerprint density at radius 3 is 2.61 bits per heavy atom. The topological polar surface area (TPSA) is 140 Å². The van der Waals surface area contributed by atoms with Gasteiger partial charge in [0, 0.05) is 28.3 Å². The predicted molar refractivity (Wildman–Crippen MR) is 177 cm³/mol. The lowest BCUT2D eigenvalue weighted by molar-refractivity contribution is 0.102. The van der Waals surface area contributed by atoms with E-state index in [1.807, 2.05) is 30.3 Å². The molecule has 1 aliphatic carbocycles. The van der Waals surface area contributed by atoms with Crippen LogP contribution in [0.25, 0.3) is 0 Å². The van der Waals surface area contributed by atoms with Crippen LogP contribution in [0.15, 0.2) is 77.0 Å². The number of rotatable bonds is 14. The minimum Gasteiger partial charge on any atom is -0.483 e. The Morgan fingerprint density at radius 2 is 1.85 bits per heavy atom. The van der Waals surface area contributed by atoms with Gasteiger partial charge in [0.05, 0.1) is 27.0 Å². The number of aryl methyl sites for hydroxylation is 3. The molecule has 0 saturated heterocycles. The number of ether oxygens (including phenoxy) is 1. The van der Waals surface area contributed by atoms with Crippen molar-refractivity contribution in [1.82, 2.24) is 25.6 Å². The third kappa shape index (κ3) is 8.17. The quantitative estimate of drug-likeness (QED) is 0.134. The average Bonchev–Trinajstić information content (AvgIpc) is 3.72. The molecule has 0 spiro atoms. The molecule has 0 bridgehead atoms. The van der Waals surface area contributed by atoms with Crippen LogP contribution < -0.4 is 10.1 Å². The first kappa shape index (κ1) is 31.8. The molecule has 0 unspecified atom stereocenters. The first-order valence-electron chi connectivity index (χ1n) is 15.1. The number of aromatic nitrogens is 5. The van der Waals surface area contributed by atoms with E-state index in [0.29, 0.717) is 46.6 Å². The number of nitrogens with zero attached hydrogens (tertiary/aromatic N) is 4. The van der Waals surface area contributed by atoms with Crippen molar-refractivity contribution >= 4 is 44.4 Å². The number of nitrogens with one attached hydrogen (secondary N) is 2. The number of H-pyrrole nitrogens is 1. The van der Waals surface area contributed by atoms with E-state index in [-0.39, 0.29) is 23.2 Å². The second kappa shape index (κ2) is 14.5. The van der Waals surface area contributed by atoms with Gasteiger partial charge in [-0.2, -0.15) is 0 Å². The molecule has 46 heavy (non-hydrogen) atoms. The van der Waals surface area contributed by atoms with E-state index in [4.69, 9.17) is 21.3 Å². The first-order valence-corrected chi connectivity index (χ1v) is 18.0. The lowest BCUT2D eigenvalue weighted by Gasteiger charge is -2.22. The van der Waals surface area contributed by atoms with Crippen LogP contribution in [0.5, 0.6) is 5.75 Å². The summed E-state index contributed by atoms with van der Waals surface area (Å²) >= 11 is 7.63. The number of carbonyl (C=O) groups is 1. The van der Waals surface area contributed by atoms with Gasteiger partial charge in [-0.25, -0.2) is 18.5 Å². The van der Waals surface area contributed by atoms with E-state index >= 15 is 0 Å². The maximum atomic E-state index is 13.5. The van der Waals surface area contributed by atoms with E-state index in [1.165, 1.54) is 37.1 Å². The zero-order valence-electron chi connectivity index (χ0n) is 25.0. The van der Waals surface area contributed by atoms with Crippen molar-refractivity contribution in [3.63, 3.8) is 0 Å². The van der Waals surface area contributed by atoms with Gasteiger partial charge in [-0.3, -0.25) is 4.79 Å². The monoisotopic (exact) mass is 676 g/mol. The highest BCUT2D eigenvalue weighted by Crippen LogP contribution is 2.36. The lowest BCUT2D eigenvalue weighted by Crippen LogP contribution is -2.14. The third-order valence-corrected chi connectivity index (χ3v) is 11.0. The van der Waals surface area contributed by atoms with Crippen molar-refractivity contribution in [3.05, 3.63) is 110 Å². The molecule has 13 heteroatoms. The van der Waals surface area contributed by atoms with Crippen LogP contribution in [0.3, 0.4) is 0 Å². The summed E-state index contributed by atoms with van der Waals surface area (Å²) in [6, 6.07) is 19.2. The molecule has 10 nitrogen and oxygen atoms in total. The van der Waals surface area contributed by atoms with Crippen molar-refractivity contribution in [2.75, 3.05) is 11.1 Å². The van der Waals surface area contributed by atoms with Gasteiger partial charge in [0.25, 0.3) is 5.91 Å². The fraction of sp³-hybridized carbons (Fsp3) is 0.303. The zero-order valence-corrected chi connectivity index (χ0v) is 27.4. The maximum Gasteiger partial charge on any atom is 0.255 e. The van der Waals surface area contributed by atoms with E-state index in [0.717, 1.165) is 29.0 Å². The Labute approximate surface area is 276 Å². The summed E-state index contributed by atoms with van der Waals surface area (Å²) in [5.41, 5.74) is 4.12. The van der Waals surface area contributed by atoms with E-state index in [1.54, 1.807) is 35.6 Å². The minimum atomic E-state index is -3.46. The van der Waals surface area contributed by atoms with Crippen molar-refractivity contribution in [3.8, 4) is 5.75 Å². The van der Waals surface area contributed by atoms with Gasteiger partial charge in [0.1, 0.15) is 12.4 Å². The van der Waals surface area contributed by atoms with Gasteiger partial charge in [-0.05, 0) is 102 Å². The Morgan fingerprint density at radius 1 is 1.02 bits per heavy atom. The Bertz CT molecular complexity index is 1890. The summed E-state index contributed by atoms with van der Waals surface area (Å²) in [5.74, 6) is 1.19. The molecule has 238 valence electrons. The number of thiazole rings is 1. The highest BCUT2D eigenvalue weighted by Gasteiger charge is 2.22. The lowest BCUT2D eigenvalue weighted by atomic mass is 9.83. The van der Waals surface area contributed by atoms with Gasteiger partial charge >= 0.3 is 0 Å². The van der Waals surface area contributed by atoms with E-state index in [2.05, 4.69) is 31.3 Å². The van der Waals surface area contributed by atoms with Gasteiger partial charge in [0.15, 0.2) is 15.7 Å². The summed E-state index contributed by atoms with van der Waals surface area (Å²) in [6.45, 7) is 0.0727. The largest absolute Gasteiger partial charge is 0.483 e. The number of hydrogen-bond donors (Lipinski definition) is 2. The van der Waals surface area contributed by atoms with Crippen molar-refractivity contribution in [1.29, 1.82) is 0 Å². The molecule has 1 aliphatic rings. The predicted octanol–water partition coefficient (Wildman–Crippen LogP) is 6.60. The summed E-state index contributed by atoms with van der Waals surface area (Å²) in [4.78, 5) is 18.6. The van der Waals surface area contributed by atoms with E-state index in [9.17, 15) is 13.2 Å². The number of halogens is 1. The summed E-state index contributed by atoms with van der Waals surface area (Å²) in [7, 11) is -3.46. The van der Waals surface area contributed by atoms with Crippen LogP contribution in [0, 0.1) is 0 Å². The molecule has 1 amide bonds. The number of anilines is 1. The molecule has 2 N–H and O–H groups in total. The highest BCUT2D eigenvalue weighted by molar-refractivity contribution is 7.91. The Balaban J connectivity index is 1.12. The van der Waals surface area contributed by atoms with Gasteiger partial charge < -0.3 is 10.1 Å². The molecule has 5 aromatic rings. The normalized spacial score (nSPS) is 13.3. The number of tetrazole rings is 1. The zero-order chi connectivity index (χ0) is 31.9. The second-order valence-corrected chi connectivity index (χ2v) is 14.8. The van der Waals surface area contributed by atoms with Crippen molar-refractivity contribution in [2.24, 2.45) is 0 Å². The molecule has 2 aromatic heterocycles. The first-order chi connectivity index (χ1) is 22.3. The van der Waals surface area contributed by atoms with Gasteiger partial charge in [-0.15, -0.1) is 16.4 Å². The fourth-order valence-electron chi connectivity index (χ4n) is 5.21. The minimum absolute atomic E-state index is 0.0251. The smallest absolute Gasteiger partial charge is 0.255 e.